The van der Waals surface area contributed by atoms with Gasteiger partial charge in [-0.3, -0.25) is 4.79 Å². The van der Waals surface area contributed by atoms with Gasteiger partial charge in [-0.15, -0.1) is 10.2 Å². The Labute approximate surface area is 166 Å². The Kier molecular flexibility index (Phi) is 6.16. The lowest BCUT2D eigenvalue weighted by Gasteiger charge is -2.09. The van der Waals surface area contributed by atoms with Crippen LogP contribution in [0.25, 0.3) is 0 Å². The number of hydrogen-bond acceptors (Lipinski definition) is 7. The van der Waals surface area contributed by atoms with Gasteiger partial charge in [0.25, 0.3) is 5.91 Å². The number of hydrogen-bond donors (Lipinski definition) is 2. The van der Waals surface area contributed by atoms with Crippen LogP contribution >= 0.6 is 0 Å². The maximum atomic E-state index is 12.1. The number of anilines is 1. The number of rotatable bonds is 6. The molecule has 0 aliphatic heterocycles. The van der Waals surface area contributed by atoms with Gasteiger partial charge in [-0.25, -0.2) is 10.3 Å². The molecule has 29 heavy (non-hydrogen) atoms. The molecule has 0 aliphatic rings. The van der Waals surface area contributed by atoms with Crippen molar-refractivity contribution in [3.63, 3.8) is 0 Å². The summed E-state index contributed by atoms with van der Waals surface area (Å²) in [5.74, 6) is -0.785. The minimum absolute atomic E-state index is 0.0239. The average molecular weight is 391 g/mol. The van der Waals surface area contributed by atoms with Crippen molar-refractivity contribution in [3.8, 4) is 11.5 Å². The van der Waals surface area contributed by atoms with Crippen molar-refractivity contribution >= 4 is 23.3 Å². The number of benzene rings is 3. The van der Waals surface area contributed by atoms with Gasteiger partial charge in [0, 0.05) is 5.56 Å². The summed E-state index contributed by atoms with van der Waals surface area (Å²) < 4.78 is 5.13. The second-order valence-corrected chi connectivity index (χ2v) is 5.79. The normalized spacial score (nSPS) is 10.5. The van der Waals surface area contributed by atoms with Gasteiger partial charge in [0.15, 0.2) is 0 Å². The summed E-state index contributed by atoms with van der Waals surface area (Å²) in [6.45, 7) is 0. The lowest BCUT2D eigenvalue weighted by Crippen LogP contribution is -2.11. The molecule has 0 unspecified atom stereocenters. The number of para-hydroxylation sites is 1. The Morgan fingerprint density at radius 3 is 2.45 bits per heavy atom. The molecule has 8 nitrogen and oxygen atoms in total. The monoisotopic (exact) mass is 391 g/mol. The third kappa shape index (κ3) is 5.16. The van der Waals surface area contributed by atoms with Crippen LogP contribution in [-0.2, 0) is 4.84 Å². The zero-order chi connectivity index (χ0) is 20.6. The molecule has 0 aliphatic carbocycles. The Morgan fingerprint density at radius 2 is 1.72 bits per heavy atom. The third-order valence-corrected chi connectivity index (χ3v) is 3.81. The zero-order valence-corrected chi connectivity index (χ0v) is 15.4. The van der Waals surface area contributed by atoms with Gasteiger partial charge in [0.05, 0.1) is 18.5 Å². The number of amides is 1. The van der Waals surface area contributed by atoms with Crippen molar-refractivity contribution in [1.29, 1.82) is 0 Å². The molecule has 0 saturated carbocycles. The van der Waals surface area contributed by atoms with Crippen molar-refractivity contribution in [3.05, 3.63) is 83.9 Å². The van der Waals surface area contributed by atoms with E-state index < -0.39 is 11.9 Å². The van der Waals surface area contributed by atoms with Gasteiger partial charge in [-0.1, -0.05) is 18.2 Å². The van der Waals surface area contributed by atoms with Crippen molar-refractivity contribution in [1.82, 2.24) is 0 Å². The summed E-state index contributed by atoms with van der Waals surface area (Å²) in [5.41, 5.74) is 4.00. The summed E-state index contributed by atoms with van der Waals surface area (Å²) in [5, 5.41) is 16.9. The number of carbonyl (C=O) groups excluding carboxylic acids is 2. The Balaban J connectivity index is 1.59. The molecule has 0 heterocycles. The van der Waals surface area contributed by atoms with Crippen LogP contribution in [0.15, 0.2) is 83.0 Å². The molecule has 0 spiro atoms. The number of methoxy groups -OCH3 is 1. The molecule has 0 bridgehead atoms. The molecule has 3 aromatic carbocycles. The van der Waals surface area contributed by atoms with Gasteiger partial charge in [0.2, 0.25) is 0 Å². The SMILES string of the molecule is COc1ccccc1C(=O)ONc1ccc(N=NC(=O)c2cccc(O)c2)cc1. The number of nitrogens with one attached hydrogen (secondary N) is 1. The van der Waals surface area contributed by atoms with Crippen molar-refractivity contribution < 1.29 is 24.3 Å². The summed E-state index contributed by atoms with van der Waals surface area (Å²) in [4.78, 5) is 29.2. The lowest BCUT2D eigenvalue weighted by molar-refractivity contribution is 0.0592. The average Bonchev–Trinajstić information content (AvgIpc) is 2.76. The molecule has 1 amide bonds. The molecule has 8 heteroatoms. The van der Waals surface area contributed by atoms with E-state index in [0.29, 0.717) is 22.7 Å². The summed E-state index contributed by atoms with van der Waals surface area (Å²) >= 11 is 0. The van der Waals surface area contributed by atoms with Crippen molar-refractivity contribution in [2.45, 2.75) is 0 Å². The third-order valence-electron chi connectivity index (χ3n) is 3.81. The smallest absolute Gasteiger partial charge is 0.366 e. The van der Waals surface area contributed by atoms with Crippen LogP contribution in [0.2, 0.25) is 0 Å². The molecular formula is C21H17N3O5. The minimum atomic E-state index is -0.595. The number of phenols is 1. The Bertz CT molecular complexity index is 1050. The van der Waals surface area contributed by atoms with E-state index in [1.807, 2.05) is 0 Å². The first-order valence-electron chi connectivity index (χ1n) is 8.52. The second kappa shape index (κ2) is 9.14. The van der Waals surface area contributed by atoms with Crippen molar-refractivity contribution in [2.24, 2.45) is 10.2 Å². The van der Waals surface area contributed by atoms with E-state index in [1.165, 1.54) is 25.3 Å². The Hall–Kier alpha value is -4.20. The quantitative estimate of drug-likeness (QED) is 0.473. The lowest BCUT2D eigenvalue weighted by atomic mass is 10.2. The summed E-state index contributed by atoms with van der Waals surface area (Å²) in [6.07, 6.45) is 0. The van der Waals surface area contributed by atoms with E-state index in [0.717, 1.165) is 0 Å². The zero-order valence-electron chi connectivity index (χ0n) is 15.4. The number of nitrogens with zero attached hydrogens (tertiary/aromatic N) is 2. The van der Waals surface area contributed by atoms with Crippen LogP contribution in [-0.4, -0.2) is 24.1 Å². The van der Waals surface area contributed by atoms with E-state index >= 15 is 0 Å². The molecular weight excluding hydrogens is 374 g/mol. The number of aromatic hydroxyl groups is 1. The van der Waals surface area contributed by atoms with Crippen LogP contribution < -0.4 is 10.2 Å². The van der Waals surface area contributed by atoms with Crippen LogP contribution in [0.5, 0.6) is 11.5 Å². The fraction of sp³-hybridized carbons (Fsp3) is 0.0476. The first-order chi connectivity index (χ1) is 14.1. The topological polar surface area (TPSA) is 110 Å². The van der Waals surface area contributed by atoms with Gasteiger partial charge < -0.3 is 14.7 Å². The summed E-state index contributed by atoms with van der Waals surface area (Å²) in [6, 6.07) is 19.0. The van der Waals surface area contributed by atoms with E-state index in [-0.39, 0.29) is 11.3 Å². The molecule has 146 valence electrons. The largest absolute Gasteiger partial charge is 0.508 e. The van der Waals surface area contributed by atoms with Crippen LogP contribution in [0.1, 0.15) is 20.7 Å². The summed E-state index contributed by atoms with van der Waals surface area (Å²) in [7, 11) is 1.47. The maximum Gasteiger partial charge on any atom is 0.366 e. The molecule has 2 N–H and O–H groups in total. The maximum absolute atomic E-state index is 12.1. The standard InChI is InChI=1S/C21H17N3O5/c1-28-19-8-3-2-7-18(19)21(27)29-24-16-11-9-15(10-12-16)22-23-20(26)14-5-4-6-17(25)13-14/h2-13,24-25H,1H3. The number of carbonyl (C=O) groups is 2. The molecule has 0 atom stereocenters. The van der Waals surface area contributed by atoms with E-state index in [4.69, 9.17) is 9.57 Å². The number of azo groups is 1. The highest BCUT2D eigenvalue weighted by Gasteiger charge is 2.13. The van der Waals surface area contributed by atoms with Gasteiger partial charge in [0.1, 0.15) is 17.1 Å². The minimum Gasteiger partial charge on any atom is -0.508 e. The fourth-order valence-corrected chi connectivity index (χ4v) is 2.37. The van der Waals surface area contributed by atoms with Gasteiger partial charge in [-0.2, -0.15) is 0 Å². The van der Waals surface area contributed by atoms with E-state index in [2.05, 4.69) is 15.7 Å². The van der Waals surface area contributed by atoms with Gasteiger partial charge >= 0.3 is 5.97 Å². The first kappa shape index (κ1) is 19.6. The fourth-order valence-electron chi connectivity index (χ4n) is 2.37. The highest BCUT2D eigenvalue weighted by atomic mass is 16.7. The number of ether oxygens (including phenoxy) is 1. The number of phenolic OH excluding ortho intramolecular Hbond substituents is 1. The molecule has 0 radical (unpaired) electrons. The van der Waals surface area contributed by atoms with Crippen LogP contribution in [0.3, 0.4) is 0 Å². The molecule has 3 rings (SSSR count). The van der Waals surface area contributed by atoms with Gasteiger partial charge in [-0.05, 0) is 54.6 Å². The highest BCUT2D eigenvalue weighted by Crippen LogP contribution is 2.20. The van der Waals surface area contributed by atoms with Crippen LogP contribution in [0.4, 0.5) is 11.4 Å². The molecule has 0 saturated heterocycles. The molecule has 3 aromatic rings. The Morgan fingerprint density at radius 1 is 0.966 bits per heavy atom. The van der Waals surface area contributed by atoms with Crippen LogP contribution in [0, 0.1) is 0 Å². The predicted molar refractivity (Wildman–Crippen MR) is 105 cm³/mol. The van der Waals surface area contributed by atoms with Crippen molar-refractivity contribution in [2.75, 3.05) is 12.6 Å². The highest BCUT2D eigenvalue weighted by molar-refractivity contribution is 5.95. The molecule has 0 fully saturated rings. The molecule has 0 aromatic heterocycles. The van der Waals surface area contributed by atoms with E-state index in [1.54, 1.807) is 54.6 Å². The first-order valence-corrected chi connectivity index (χ1v) is 8.52. The van der Waals surface area contributed by atoms with E-state index in [9.17, 15) is 14.7 Å². The second-order valence-electron chi connectivity index (χ2n) is 5.79. The predicted octanol–water partition coefficient (Wildman–Crippen LogP) is 4.51.